The Bertz CT molecular complexity index is 2160. The normalized spacial score (nSPS) is 24.8. The van der Waals surface area contributed by atoms with E-state index in [0.717, 1.165) is 58.7 Å². The second-order valence-corrected chi connectivity index (χ2v) is 14.0. The Hall–Kier alpha value is -4.74. The number of likely N-dealkylation sites (tertiary alicyclic amines) is 1. The lowest BCUT2D eigenvalue weighted by Gasteiger charge is -2.27. The zero-order valence-corrected chi connectivity index (χ0v) is 26.7. The number of hydrogen-bond acceptors (Lipinski definition) is 7. The van der Waals surface area contributed by atoms with Gasteiger partial charge in [0.1, 0.15) is 16.9 Å². The average Bonchev–Trinajstić information content (AvgIpc) is 3.33. The highest BCUT2D eigenvalue weighted by Crippen LogP contribution is 2.41. The lowest BCUT2D eigenvalue weighted by atomic mass is 9.95. The summed E-state index contributed by atoms with van der Waals surface area (Å²) in [5.41, 5.74) is 11.4. The molecule has 5 heterocycles. The fourth-order valence-electron chi connectivity index (χ4n) is 8.07. The number of carbonyl (C=O) groups is 2. The maximum Gasteiger partial charge on any atom is 0.260 e. The first-order chi connectivity index (χ1) is 22.6. The van der Waals surface area contributed by atoms with E-state index in [1.807, 2.05) is 52.9 Å². The minimum Gasteiger partial charge on any atom is -0.494 e. The van der Waals surface area contributed by atoms with Gasteiger partial charge in [0, 0.05) is 60.0 Å². The van der Waals surface area contributed by atoms with Crippen molar-refractivity contribution in [3.63, 3.8) is 0 Å². The van der Waals surface area contributed by atoms with Crippen LogP contribution in [0.15, 0.2) is 48.5 Å². The standard InChI is InChI=1S/C36H37N7O4/c1-36(46)23-12-19(6-10-25(23)40-35(36)45)24-9-7-20-14-28(42(32(20)38-24)16-18-4-5-18)33-39-26-13-22(15-29(47-3)31(26)41(33)2)34(44)43-17-21-8-11-27(43)30(21)37/h6-7,9-10,12-15,18,21,27,30,46H,4-5,8,11,16-17,37H2,1-3H3,(H,40,45)/t21?,27?,30-,36?/m0/s1. The number of benzene rings is 2. The molecular weight excluding hydrogens is 594 g/mol. The van der Waals surface area contributed by atoms with Crippen LogP contribution in [-0.2, 0) is 24.0 Å². The third-order valence-electron chi connectivity index (χ3n) is 11.0. The van der Waals surface area contributed by atoms with E-state index < -0.39 is 11.5 Å². The summed E-state index contributed by atoms with van der Waals surface area (Å²) in [4.78, 5) is 38.3. The van der Waals surface area contributed by atoms with Crippen molar-refractivity contribution in [1.82, 2.24) is 24.0 Å². The predicted molar refractivity (Wildman–Crippen MR) is 178 cm³/mol. The van der Waals surface area contributed by atoms with Gasteiger partial charge in [-0.1, -0.05) is 6.07 Å². The highest BCUT2D eigenvalue weighted by molar-refractivity contribution is 6.05. The Balaban J connectivity index is 1.14. The number of piperidine rings is 1. The number of pyridine rings is 1. The molecule has 0 spiro atoms. The van der Waals surface area contributed by atoms with Gasteiger partial charge in [-0.3, -0.25) is 9.59 Å². The number of aryl methyl sites for hydroxylation is 1. The Morgan fingerprint density at radius 2 is 1.94 bits per heavy atom. The van der Waals surface area contributed by atoms with Crippen molar-refractivity contribution < 1.29 is 19.4 Å². The molecule has 5 aromatic rings. The van der Waals surface area contributed by atoms with E-state index in [4.69, 9.17) is 20.4 Å². The van der Waals surface area contributed by atoms with Crippen LogP contribution in [0.4, 0.5) is 5.69 Å². The van der Waals surface area contributed by atoms with Crippen LogP contribution in [0.25, 0.3) is 44.8 Å². The maximum atomic E-state index is 13.8. The Morgan fingerprint density at radius 3 is 2.66 bits per heavy atom. The van der Waals surface area contributed by atoms with Crippen molar-refractivity contribution >= 4 is 39.6 Å². The van der Waals surface area contributed by atoms with Crippen LogP contribution in [0, 0.1) is 11.8 Å². The molecule has 11 nitrogen and oxygen atoms in total. The number of hydrogen-bond donors (Lipinski definition) is 3. The van der Waals surface area contributed by atoms with Gasteiger partial charge in [0.15, 0.2) is 11.4 Å². The summed E-state index contributed by atoms with van der Waals surface area (Å²) in [7, 11) is 3.61. The van der Waals surface area contributed by atoms with Gasteiger partial charge in [0.2, 0.25) is 0 Å². The molecule has 3 fully saturated rings. The lowest BCUT2D eigenvalue weighted by molar-refractivity contribution is -0.131. The maximum absolute atomic E-state index is 13.8. The van der Waals surface area contributed by atoms with Gasteiger partial charge < -0.3 is 34.9 Å². The summed E-state index contributed by atoms with van der Waals surface area (Å²) >= 11 is 0. The number of imidazole rings is 1. The molecule has 2 bridgehead atoms. The fourth-order valence-corrected chi connectivity index (χ4v) is 8.07. The van der Waals surface area contributed by atoms with Crippen LogP contribution >= 0.6 is 0 Å². The molecule has 47 heavy (non-hydrogen) atoms. The number of anilines is 1. The smallest absolute Gasteiger partial charge is 0.260 e. The molecule has 11 heteroatoms. The van der Waals surface area contributed by atoms with Crippen molar-refractivity contribution in [3.8, 4) is 28.5 Å². The molecule has 2 aliphatic carbocycles. The van der Waals surface area contributed by atoms with Gasteiger partial charge in [-0.25, -0.2) is 9.97 Å². The quantitative estimate of drug-likeness (QED) is 0.252. The van der Waals surface area contributed by atoms with Gasteiger partial charge in [0.25, 0.3) is 11.8 Å². The van der Waals surface area contributed by atoms with E-state index in [-0.39, 0.29) is 18.0 Å². The number of rotatable bonds is 6. The van der Waals surface area contributed by atoms with Crippen molar-refractivity contribution in [2.24, 2.45) is 24.6 Å². The van der Waals surface area contributed by atoms with E-state index >= 15 is 0 Å². The topological polar surface area (TPSA) is 141 Å². The van der Waals surface area contributed by atoms with Crippen LogP contribution in [0.2, 0.25) is 0 Å². The molecule has 2 aliphatic heterocycles. The number of nitrogens with two attached hydrogens (primary N) is 1. The Labute approximate surface area is 271 Å². The molecular formula is C36H37N7O4. The van der Waals surface area contributed by atoms with E-state index in [0.29, 0.717) is 46.5 Å². The first kappa shape index (κ1) is 28.5. The number of nitrogens with one attached hydrogen (secondary N) is 1. The summed E-state index contributed by atoms with van der Waals surface area (Å²) < 4.78 is 10.2. The second-order valence-electron chi connectivity index (χ2n) is 14.0. The molecule has 2 aromatic carbocycles. The number of methoxy groups -OCH3 is 1. The first-order valence-electron chi connectivity index (χ1n) is 16.4. The van der Waals surface area contributed by atoms with Crippen LogP contribution < -0.4 is 15.8 Å². The van der Waals surface area contributed by atoms with E-state index in [1.54, 1.807) is 7.11 Å². The van der Waals surface area contributed by atoms with Crippen molar-refractivity contribution in [2.75, 3.05) is 19.0 Å². The molecule has 3 aromatic heterocycles. The Kier molecular flexibility index (Phi) is 5.99. The molecule has 2 saturated carbocycles. The minimum absolute atomic E-state index is 0.0205. The van der Waals surface area contributed by atoms with Crippen LogP contribution in [-0.4, -0.2) is 66.7 Å². The monoisotopic (exact) mass is 631 g/mol. The summed E-state index contributed by atoms with van der Waals surface area (Å²) in [5.74, 6) is 1.86. The number of amides is 2. The summed E-state index contributed by atoms with van der Waals surface area (Å²) in [6, 6.07) is 15.6. The third-order valence-corrected chi connectivity index (χ3v) is 11.0. The van der Waals surface area contributed by atoms with Crippen molar-refractivity contribution in [2.45, 2.75) is 56.8 Å². The summed E-state index contributed by atoms with van der Waals surface area (Å²) in [6.07, 6.45) is 4.38. The molecule has 4 aliphatic rings. The molecule has 4 N–H and O–H groups in total. The molecule has 3 unspecified atom stereocenters. The number of nitrogens with zero attached hydrogens (tertiary/aromatic N) is 5. The highest BCUT2D eigenvalue weighted by Gasteiger charge is 2.47. The minimum atomic E-state index is -1.60. The summed E-state index contributed by atoms with van der Waals surface area (Å²) in [5, 5.41) is 14.6. The van der Waals surface area contributed by atoms with E-state index in [1.165, 1.54) is 19.8 Å². The van der Waals surface area contributed by atoms with Gasteiger partial charge in [-0.05, 0) is 86.9 Å². The van der Waals surface area contributed by atoms with Gasteiger partial charge in [-0.15, -0.1) is 0 Å². The zero-order valence-electron chi connectivity index (χ0n) is 26.7. The fraction of sp³-hybridized carbons (Fsp3) is 0.389. The molecule has 240 valence electrons. The van der Waals surface area contributed by atoms with Crippen molar-refractivity contribution in [3.05, 3.63) is 59.7 Å². The van der Waals surface area contributed by atoms with Crippen molar-refractivity contribution in [1.29, 1.82) is 0 Å². The van der Waals surface area contributed by atoms with Crippen LogP contribution in [0.5, 0.6) is 5.75 Å². The predicted octanol–water partition coefficient (Wildman–Crippen LogP) is 4.40. The van der Waals surface area contributed by atoms with E-state index in [2.05, 4.69) is 22.0 Å². The largest absolute Gasteiger partial charge is 0.494 e. The van der Waals surface area contributed by atoms with E-state index in [9.17, 15) is 14.7 Å². The number of carbonyl (C=O) groups excluding carboxylic acids is 2. The first-order valence-corrected chi connectivity index (χ1v) is 16.4. The lowest BCUT2D eigenvalue weighted by Crippen LogP contribution is -2.41. The molecule has 0 radical (unpaired) electrons. The third kappa shape index (κ3) is 4.19. The number of fused-ring (bicyclic) bond motifs is 5. The average molecular weight is 632 g/mol. The van der Waals surface area contributed by atoms with Crippen LogP contribution in [0.1, 0.15) is 48.5 Å². The number of aromatic nitrogens is 4. The van der Waals surface area contributed by atoms with Gasteiger partial charge in [-0.2, -0.15) is 0 Å². The summed E-state index contributed by atoms with van der Waals surface area (Å²) in [6.45, 7) is 3.03. The molecule has 2 amide bonds. The zero-order chi connectivity index (χ0) is 32.4. The highest BCUT2D eigenvalue weighted by atomic mass is 16.5. The molecule has 4 atom stereocenters. The number of ether oxygens (including phenoxy) is 1. The second kappa shape index (κ2) is 9.88. The number of aliphatic hydroxyl groups is 1. The Morgan fingerprint density at radius 1 is 1.11 bits per heavy atom. The van der Waals surface area contributed by atoms with Crippen LogP contribution in [0.3, 0.4) is 0 Å². The molecule has 9 rings (SSSR count). The van der Waals surface area contributed by atoms with Gasteiger partial charge >= 0.3 is 0 Å². The van der Waals surface area contributed by atoms with Gasteiger partial charge in [0.05, 0.1) is 24.0 Å². The molecule has 1 saturated heterocycles. The SMILES string of the molecule is COc1cc(C(=O)N2CC3CCC2[C@H]3N)cc2nc(-c3cc4ccc(-c5ccc6c(c5)C(C)(O)C(=O)N6)nc4n3CC3CC3)n(C)c12.